The van der Waals surface area contributed by atoms with Crippen LogP contribution in [0.5, 0.6) is 0 Å². The topological polar surface area (TPSA) is 65.9 Å². The van der Waals surface area contributed by atoms with Gasteiger partial charge in [0.2, 0.25) is 0 Å². The summed E-state index contributed by atoms with van der Waals surface area (Å²) in [5.74, 6) is 1.14. The molecule has 106 valence electrons. The second-order valence-electron chi connectivity index (χ2n) is 4.60. The molecule has 0 bridgehead atoms. The highest BCUT2D eigenvalue weighted by Crippen LogP contribution is 2.25. The summed E-state index contributed by atoms with van der Waals surface area (Å²) in [6.45, 7) is 7.76. The monoisotopic (exact) mass is 257 g/mol. The standard InChI is InChI=1S/C13H27N3O2/c1-3-14-13(15-8-9-18-4-2)16-10-11-6-5-7-12(11)17/h11-12,17H,3-10H2,1-2H3,(H2,14,15,16). The van der Waals surface area contributed by atoms with Gasteiger partial charge in [0.05, 0.1) is 12.7 Å². The number of rotatable bonds is 7. The van der Waals surface area contributed by atoms with Crippen LogP contribution in [-0.4, -0.2) is 50.0 Å². The Kier molecular flexibility index (Phi) is 7.76. The van der Waals surface area contributed by atoms with E-state index in [0.29, 0.717) is 19.1 Å². The van der Waals surface area contributed by atoms with Gasteiger partial charge in [0.1, 0.15) is 0 Å². The molecule has 0 heterocycles. The lowest BCUT2D eigenvalue weighted by molar-refractivity contribution is 0.136. The highest BCUT2D eigenvalue weighted by atomic mass is 16.5. The first kappa shape index (κ1) is 15.2. The predicted molar refractivity (Wildman–Crippen MR) is 73.8 cm³/mol. The molecule has 1 rings (SSSR count). The lowest BCUT2D eigenvalue weighted by atomic mass is 10.1. The average molecular weight is 257 g/mol. The highest BCUT2D eigenvalue weighted by molar-refractivity contribution is 5.79. The van der Waals surface area contributed by atoms with E-state index in [1.807, 2.05) is 13.8 Å². The minimum Gasteiger partial charge on any atom is -0.393 e. The molecule has 0 aromatic rings. The minimum atomic E-state index is -0.167. The van der Waals surface area contributed by atoms with Crippen molar-refractivity contribution >= 4 is 5.96 Å². The lowest BCUT2D eigenvalue weighted by Gasteiger charge is -2.14. The summed E-state index contributed by atoms with van der Waals surface area (Å²) < 4.78 is 5.27. The average Bonchev–Trinajstić information content (AvgIpc) is 2.77. The van der Waals surface area contributed by atoms with Crippen LogP contribution in [0.4, 0.5) is 0 Å². The van der Waals surface area contributed by atoms with Gasteiger partial charge >= 0.3 is 0 Å². The summed E-state index contributed by atoms with van der Waals surface area (Å²) >= 11 is 0. The molecule has 2 atom stereocenters. The van der Waals surface area contributed by atoms with Gasteiger partial charge < -0.3 is 20.5 Å². The minimum absolute atomic E-state index is 0.167. The Balaban J connectivity index is 2.29. The van der Waals surface area contributed by atoms with Crippen molar-refractivity contribution < 1.29 is 9.84 Å². The maximum absolute atomic E-state index is 9.75. The van der Waals surface area contributed by atoms with Crippen LogP contribution >= 0.6 is 0 Å². The molecule has 0 aromatic carbocycles. The highest BCUT2D eigenvalue weighted by Gasteiger charge is 2.24. The maximum Gasteiger partial charge on any atom is 0.191 e. The SMILES string of the molecule is CCNC(=NCC1CCCC1O)NCCOCC. The van der Waals surface area contributed by atoms with Crippen LogP contribution in [0.3, 0.4) is 0 Å². The van der Waals surface area contributed by atoms with Crippen molar-refractivity contribution in [3.8, 4) is 0 Å². The van der Waals surface area contributed by atoms with E-state index >= 15 is 0 Å². The Labute approximate surface area is 110 Å². The van der Waals surface area contributed by atoms with Crippen molar-refractivity contribution in [2.75, 3.05) is 32.8 Å². The summed E-state index contributed by atoms with van der Waals surface area (Å²) in [5, 5.41) is 16.2. The van der Waals surface area contributed by atoms with Crippen molar-refractivity contribution in [3.63, 3.8) is 0 Å². The number of ether oxygens (including phenoxy) is 1. The number of hydrogen-bond donors (Lipinski definition) is 3. The first-order valence-electron chi connectivity index (χ1n) is 7.05. The smallest absolute Gasteiger partial charge is 0.191 e. The molecule has 3 N–H and O–H groups in total. The zero-order valence-corrected chi connectivity index (χ0v) is 11.6. The van der Waals surface area contributed by atoms with Gasteiger partial charge in [-0.2, -0.15) is 0 Å². The van der Waals surface area contributed by atoms with Crippen LogP contribution < -0.4 is 10.6 Å². The molecule has 18 heavy (non-hydrogen) atoms. The summed E-state index contributed by atoms with van der Waals surface area (Å²) in [5.41, 5.74) is 0. The second-order valence-corrected chi connectivity index (χ2v) is 4.60. The molecule has 5 heteroatoms. The predicted octanol–water partition coefficient (Wildman–Crippen LogP) is 0.739. The van der Waals surface area contributed by atoms with Crippen LogP contribution in [0.2, 0.25) is 0 Å². The number of aliphatic hydroxyl groups is 1. The fourth-order valence-corrected chi connectivity index (χ4v) is 2.17. The zero-order valence-electron chi connectivity index (χ0n) is 11.6. The van der Waals surface area contributed by atoms with E-state index in [1.165, 1.54) is 0 Å². The summed E-state index contributed by atoms with van der Waals surface area (Å²) in [6.07, 6.45) is 2.97. The molecule has 0 amide bonds. The van der Waals surface area contributed by atoms with Crippen LogP contribution in [0.1, 0.15) is 33.1 Å². The number of aliphatic hydroxyl groups excluding tert-OH is 1. The third kappa shape index (κ3) is 5.69. The summed E-state index contributed by atoms with van der Waals surface area (Å²) in [4.78, 5) is 4.52. The summed E-state index contributed by atoms with van der Waals surface area (Å²) in [7, 11) is 0. The molecule has 0 radical (unpaired) electrons. The molecular weight excluding hydrogens is 230 g/mol. The van der Waals surface area contributed by atoms with E-state index in [0.717, 1.165) is 44.9 Å². The van der Waals surface area contributed by atoms with Gasteiger partial charge in [-0.1, -0.05) is 6.42 Å². The molecule has 1 fully saturated rings. The Bertz CT molecular complexity index is 246. The Hall–Kier alpha value is -0.810. The van der Waals surface area contributed by atoms with E-state index in [9.17, 15) is 5.11 Å². The van der Waals surface area contributed by atoms with Crippen molar-refractivity contribution in [2.45, 2.75) is 39.2 Å². The molecule has 1 saturated carbocycles. The maximum atomic E-state index is 9.75. The van der Waals surface area contributed by atoms with Crippen LogP contribution in [0, 0.1) is 5.92 Å². The Morgan fingerprint density at radius 3 is 2.78 bits per heavy atom. The van der Waals surface area contributed by atoms with Gasteiger partial charge in [0.25, 0.3) is 0 Å². The zero-order chi connectivity index (χ0) is 13.2. The van der Waals surface area contributed by atoms with Gasteiger partial charge in [0, 0.05) is 32.2 Å². The van der Waals surface area contributed by atoms with Gasteiger partial charge in [-0.05, 0) is 26.7 Å². The van der Waals surface area contributed by atoms with E-state index in [4.69, 9.17) is 4.74 Å². The number of nitrogens with zero attached hydrogens (tertiary/aromatic N) is 1. The molecular formula is C13H27N3O2. The van der Waals surface area contributed by atoms with E-state index in [-0.39, 0.29) is 6.10 Å². The van der Waals surface area contributed by atoms with Crippen LogP contribution in [0.15, 0.2) is 4.99 Å². The van der Waals surface area contributed by atoms with Crippen molar-refractivity contribution in [1.29, 1.82) is 0 Å². The van der Waals surface area contributed by atoms with E-state index < -0.39 is 0 Å². The van der Waals surface area contributed by atoms with Gasteiger partial charge in [-0.15, -0.1) is 0 Å². The lowest BCUT2D eigenvalue weighted by Crippen LogP contribution is -2.39. The first-order chi connectivity index (χ1) is 8.77. The molecule has 1 aliphatic carbocycles. The number of aliphatic imine (C=N–C) groups is 1. The Morgan fingerprint density at radius 1 is 1.33 bits per heavy atom. The van der Waals surface area contributed by atoms with Gasteiger partial charge in [0.15, 0.2) is 5.96 Å². The van der Waals surface area contributed by atoms with Crippen LogP contribution in [0.25, 0.3) is 0 Å². The second kappa shape index (κ2) is 9.16. The molecule has 0 aliphatic heterocycles. The number of guanidine groups is 1. The largest absolute Gasteiger partial charge is 0.393 e. The third-order valence-corrected chi connectivity index (χ3v) is 3.19. The van der Waals surface area contributed by atoms with E-state index in [1.54, 1.807) is 0 Å². The van der Waals surface area contributed by atoms with Crippen molar-refractivity contribution in [1.82, 2.24) is 10.6 Å². The fourth-order valence-electron chi connectivity index (χ4n) is 2.17. The van der Waals surface area contributed by atoms with Gasteiger partial charge in [-0.25, -0.2) is 0 Å². The normalized spacial score (nSPS) is 24.3. The Morgan fingerprint density at radius 2 is 2.17 bits per heavy atom. The van der Waals surface area contributed by atoms with Gasteiger partial charge in [-0.3, -0.25) is 4.99 Å². The summed E-state index contributed by atoms with van der Waals surface area (Å²) in [6, 6.07) is 0. The third-order valence-electron chi connectivity index (χ3n) is 3.19. The van der Waals surface area contributed by atoms with Crippen molar-refractivity contribution in [3.05, 3.63) is 0 Å². The van der Waals surface area contributed by atoms with Crippen molar-refractivity contribution in [2.24, 2.45) is 10.9 Å². The molecule has 0 aromatic heterocycles. The molecule has 1 aliphatic rings. The molecule has 0 spiro atoms. The molecule has 0 saturated heterocycles. The fraction of sp³-hybridized carbons (Fsp3) is 0.923. The number of hydrogen-bond acceptors (Lipinski definition) is 3. The first-order valence-corrected chi connectivity index (χ1v) is 7.05. The number of nitrogens with one attached hydrogen (secondary N) is 2. The molecule has 5 nitrogen and oxygen atoms in total. The quantitative estimate of drug-likeness (QED) is 0.357. The molecule has 2 unspecified atom stereocenters. The van der Waals surface area contributed by atoms with Crippen LogP contribution in [-0.2, 0) is 4.74 Å². The van der Waals surface area contributed by atoms with E-state index in [2.05, 4.69) is 15.6 Å².